The number of hydrogen-bond donors (Lipinski definition) is 0. The highest BCUT2D eigenvalue weighted by molar-refractivity contribution is 6.34. The number of likely N-dealkylation sites (tertiary alicyclic amines) is 1. The first-order valence-corrected chi connectivity index (χ1v) is 12.4. The van der Waals surface area contributed by atoms with Crippen LogP contribution in [-0.4, -0.2) is 61.6 Å². The van der Waals surface area contributed by atoms with Crippen molar-refractivity contribution in [1.82, 2.24) is 9.80 Å². The van der Waals surface area contributed by atoms with Gasteiger partial charge in [-0.1, -0.05) is 41.9 Å². The molecule has 1 atom stereocenters. The Balaban J connectivity index is 1.28. The zero-order valence-electron chi connectivity index (χ0n) is 20.4. The van der Waals surface area contributed by atoms with E-state index in [2.05, 4.69) is 0 Å². The molecule has 194 valence electrons. The van der Waals surface area contributed by atoms with Gasteiger partial charge in [0.15, 0.2) is 5.92 Å². The minimum absolute atomic E-state index is 0.0182. The van der Waals surface area contributed by atoms with Gasteiger partial charge in [0.2, 0.25) is 5.91 Å². The molecule has 1 aliphatic carbocycles. The average Bonchev–Trinajstić information content (AvgIpc) is 2.81. The molecule has 2 fully saturated rings. The standard InChI is InChI=1S/C27H30ClF3N2O3/c1-32(2)24(34)21-9-8-20(14-22(21)28)36-17-18-15-26(16-18)10-12-33(13-11-26)25(35)23(27(29,30)31)19-6-4-3-5-7-19/h3-9,14,18,23H,10-13,15-17H2,1-2H3. The van der Waals surface area contributed by atoms with Crippen molar-refractivity contribution in [3.05, 3.63) is 64.7 Å². The van der Waals surface area contributed by atoms with Crippen LogP contribution in [0.25, 0.3) is 0 Å². The van der Waals surface area contributed by atoms with Gasteiger partial charge in [-0.15, -0.1) is 0 Å². The lowest BCUT2D eigenvalue weighted by Gasteiger charge is -2.52. The highest BCUT2D eigenvalue weighted by atomic mass is 35.5. The molecule has 9 heteroatoms. The Hall–Kier alpha value is -2.74. The molecular formula is C27H30ClF3N2O3. The van der Waals surface area contributed by atoms with E-state index in [1.165, 1.54) is 34.1 Å². The maximum Gasteiger partial charge on any atom is 0.404 e. The summed E-state index contributed by atoms with van der Waals surface area (Å²) >= 11 is 6.25. The number of carbonyl (C=O) groups is 2. The van der Waals surface area contributed by atoms with Crippen LogP contribution in [0.2, 0.25) is 5.02 Å². The van der Waals surface area contributed by atoms with Crippen LogP contribution in [0.3, 0.4) is 0 Å². The molecule has 5 nitrogen and oxygen atoms in total. The fourth-order valence-electron chi connectivity index (χ4n) is 5.41. The van der Waals surface area contributed by atoms with Crippen LogP contribution >= 0.6 is 11.6 Å². The lowest BCUT2D eigenvalue weighted by molar-refractivity contribution is -0.174. The summed E-state index contributed by atoms with van der Waals surface area (Å²) in [5.74, 6) is -2.24. The summed E-state index contributed by atoms with van der Waals surface area (Å²) in [6, 6.07) is 12.4. The number of amides is 2. The molecule has 1 unspecified atom stereocenters. The predicted octanol–water partition coefficient (Wildman–Crippen LogP) is 5.79. The van der Waals surface area contributed by atoms with Crippen molar-refractivity contribution in [2.45, 2.75) is 37.8 Å². The molecular weight excluding hydrogens is 493 g/mol. The van der Waals surface area contributed by atoms with Crippen molar-refractivity contribution in [2.75, 3.05) is 33.8 Å². The van der Waals surface area contributed by atoms with E-state index in [-0.39, 0.29) is 16.9 Å². The van der Waals surface area contributed by atoms with Crippen molar-refractivity contribution in [2.24, 2.45) is 11.3 Å². The zero-order chi connectivity index (χ0) is 26.1. The monoisotopic (exact) mass is 522 g/mol. The molecule has 1 heterocycles. The minimum Gasteiger partial charge on any atom is -0.493 e. The largest absolute Gasteiger partial charge is 0.493 e. The third kappa shape index (κ3) is 5.64. The minimum atomic E-state index is -4.63. The van der Waals surface area contributed by atoms with Crippen LogP contribution in [0, 0.1) is 11.3 Å². The first-order chi connectivity index (χ1) is 17.0. The Kier molecular flexibility index (Phi) is 7.55. The van der Waals surface area contributed by atoms with Gasteiger partial charge in [0.1, 0.15) is 5.75 Å². The summed E-state index contributed by atoms with van der Waals surface area (Å²) in [4.78, 5) is 27.8. The maximum absolute atomic E-state index is 13.7. The smallest absolute Gasteiger partial charge is 0.404 e. The zero-order valence-corrected chi connectivity index (χ0v) is 21.1. The SMILES string of the molecule is CN(C)C(=O)c1ccc(OCC2CC3(CCN(C(=O)C(c4ccccc4)C(F)(F)F)CC3)C2)cc1Cl. The molecule has 1 saturated carbocycles. The quantitative estimate of drug-likeness (QED) is 0.483. The number of nitrogens with zero attached hydrogens (tertiary/aromatic N) is 2. The fraction of sp³-hybridized carbons (Fsp3) is 0.481. The van der Waals surface area contributed by atoms with Crippen LogP contribution in [0.15, 0.2) is 48.5 Å². The first-order valence-electron chi connectivity index (χ1n) is 12.0. The van der Waals surface area contributed by atoms with E-state index in [1.54, 1.807) is 38.4 Å². The second-order valence-corrected chi connectivity index (χ2v) is 10.5. The number of hydrogen-bond acceptors (Lipinski definition) is 3. The van der Waals surface area contributed by atoms with Gasteiger partial charge in [0.25, 0.3) is 5.91 Å². The van der Waals surface area contributed by atoms with Gasteiger partial charge in [-0.2, -0.15) is 13.2 Å². The van der Waals surface area contributed by atoms with E-state index in [9.17, 15) is 22.8 Å². The average molecular weight is 523 g/mol. The van der Waals surface area contributed by atoms with E-state index in [4.69, 9.17) is 16.3 Å². The van der Waals surface area contributed by atoms with E-state index < -0.39 is 18.0 Å². The molecule has 2 aromatic rings. The van der Waals surface area contributed by atoms with Crippen LogP contribution in [0.1, 0.15) is 47.5 Å². The second kappa shape index (κ2) is 10.3. The molecule has 1 aliphatic heterocycles. The van der Waals surface area contributed by atoms with Crippen molar-refractivity contribution in [1.29, 1.82) is 0 Å². The molecule has 0 aromatic heterocycles. The van der Waals surface area contributed by atoms with E-state index in [0.29, 0.717) is 54.8 Å². The van der Waals surface area contributed by atoms with E-state index >= 15 is 0 Å². The second-order valence-electron chi connectivity index (χ2n) is 10.1. The van der Waals surface area contributed by atoms with Crippen molar-refractivity contribution >= 4 is 23.4 Å². The van der Waals surface area contributed by atoms with Crippen LogP contribution in [0.4, 0.5) is 13.2 Å². The summed E-state index contributed by atoms with van der Waals surface area (Å²) < 4.78 is 47.1. The summed E-state index contributed by atoms with van der Waals surface area (Å²) in [6.45, 7) is 1.18. The number of rotatable bonds is 6. The summed E-state index contributed by atoms with van der Waals surface area (Å²) in [5, 5.41) is 0.334. The summed E-state index contributed by atoms with van der Waals surface area (Å²) in [6.07, 6.45) is -1.40. The van der Waals surface area contributed by atoms with Crippen LogP contribution < -0.4 is 4.74 Å². The molecule has 0 bridgehead atoms. The lowest BCUT2D eigenvalue weighted by Crippen LogP contribution is -2.51. The third-order valence-corrected chi connectivity index (χ3v) is 7.66. The number of carbonyl (C=O) groups excluding carboxylic acids is 2. The molecule has 2 amide bonds. The van der Waals surface area contributed by atoms with Gasteiger partial charge in [-0.25, -0.2) is 0 Å². The predicted molar refractivity (Wildman–Crippen MR) is 131 cm³/mol. The van der Waals surface area contributed by atoms with Gasteiger partial charge >= 0.3 is 6.18 Å². The summed E-state index contributed by atoms with van der Waals surface area (Å²) in [7, 11) is 3.32. The Bertz CT molecular complexity index is 1090. The lowest BCUT2D eigenvalue weighted by atomic mass is 9.58. The number of alkyl halides is 3. The summed E-state index contributed by atoms with van der Waals surface area (Å²) in [5.41, 5.74) is 0.457. The first kappa shape index (κ1) is 26.3. The van der Waals surface area contributed by atoms with E-state index in [0.717, 1.165) is 12.8 Å². The Morgan fingerprint density at radius 2 is 1.75 bits per heavy atom. The van der Waals surface area contributed by atoms with Crippen molar-refractivity contribution in [3.8, 4) is 5.75 Å². The molecule has 2 aromatic carbocycles. The van der Waals surface area contributed by atoms with E-state index in [1.807, 2.05) is 0 Å². The molecule has 2 aliphatic rings. The van der Waals surface area contributed by atoms with Gasteiger partial charge in [-0.3, -0.25) is 9.59 Å². The molecule has 4 rings (SSSR count). The molecule has 1 saturated heterocycles. The topological polar surface area (TPSA) is 49.9 Å². The number of piperidine rings is 1. The third-order valence-electron chi connectivity index (χ3n) is 7.35. The number of ether oxygens (including phenoxy) is 1. The van der Waals surface area contributed by atoms with Crippen molar-refractivity contribution in [3.63, 3.8) is 0 Å². The number of benzene rings is 2. The Morgan fingerprint density at radius 3 is 2.31 bits per heavy atom. The molecule has 0 N–H and O–H groups in total. The van der Waals surface area contributed by atoms with Gasteiger partial charge < -0.3 is 14.5 Å². The van der Waals surface area contributed by atoms with Gasteiger partial charge in [-0.05, 0) is 60.8 Å². The molecule has 36 heavy (non-hydrogen) atoms. The Morgan fingerprint density at radius 1 is 1.11 bits per heavy atom. The van der Waals surface area contributed by atoms with Crippen LogP contribution in [0.5, 0.6) is 5.75 Å². The maximum atomic E-state index is 13.7. The normalized spacial score (nSPS) is 18.4. The van der Waals surface area contributed by atoms with Gasteiger partial charge in [0, 0.05) is 27.2 Å². The van der Waals surface area contributed by atoms with Gasteiger partial charge in [0.05, 0.1) is 17.2 Å². The Labute approximate surface area is 214 Å². The number of halogens is 4. The highest BCUT2D eigenvalue weighted by Gasteiger charge is 2.51. The fourth-order valence-corrected chi connectivity index (χ4v) is 5.66. The molecule has 0 radical (unpaired) electrons. The van der Waals surface area contributed by atoms with Crippen LogP contribution in [-0.2, 0) is 4.79 Å². The molecule has 1 spiro atoms. The highest BCUT2D eigenvalue weighted by Crippen LogP contribution is 2.53. The van der Waals surface area contributed by atoms with Crippen molar-refractivity contribution < 1.29 is 27.5 Å².